The van der Waals surface area contributed by atoms with Crippen LogP contribution in [-0.2, 0) is 24.4 Å². The van der Waals surface area contributed by atoms with Crippen molar-refractivity contribution >= 4 is 51.0 Å². The molecule has 2 heterocycles. The summed E-state index contributed by atoms with van der Waals surface area (Å²) in [5.41, 5.74) is 1.87. The Kier molecular flexibility index (Phi) is 12.4. The normalized spacial score (nSPS) is 18.2. The SMILES string of the molecule is CCOc1ccc(S(=O)(=O)NCOC)cc1C1=N[C@@H](c2ccc(Cl)cc2)[C@@H](c2ccc(Cl)cc2)N1C(=O)N1CCN(CC(=O)N(C)OC)CC1. The van der Waals surface area contributed by atoms with Gasteiger partial charge in [-0.3, -0.25) is 24.4 Å². The third-order valence-electron chi connectivity index (χ3n) is 8.52. The highest BCUT2D eigenvalue weighted by Gasteiger charge is 2.45. The number of hydrogen-bond donors (Lipinski definition) is 1. The molecule has 268 valence electrons. The summed E-state index contributed by atoms with van der Waals surface area (Å²) >= 11 is 12.6. The number of likely N-dealkylation sites (N-methyl/N-ethyl adjacent to an activating group) is 1. The quantitative estimate of drug-likeness (QED) is 0.211. The molecular weight excluding hydrogens is 707 g/mol. The van der Waals surface area contributed by atoms with Gasteiger partial charge in [-0.15, -0.1) is 0 Å². The average Bonchev–Trinajstić information content (AvgIpc) is 3.51. The zero-order valence-corrected chi connectivity index (χ0v) is 30.5. The van der Waals surface area contributed by atoms with Crippen molar-refractivity contribution in [3.05, 3.63) is 93.5 Å². The lowest BCUT2D eigenvalue weighted by Crippen LogP contribution is -2.55. The predicted octanol–water partition coefficient (Wildman–Crippen LogP) is 4.58. The molecule has 2 atom stereocenters. The number of nitrogens with zero attached hydrogens (tertiary/aromatic N) is 5. The van der Waals surface area contributed by atoms with Crippen LogP contribution in [0.1, 0.15) is 35.7 Å². The molecule has 0 spiro atoms. The Balaban J connectivity index is 1.62. The molecule has 0 aliphatic carbocycles. The second-order valence-electron chi connectivity index (χ2n) is 11.6. The molecule has 5 rings (SSSR count). The number of piperazine rings is 1. The minimum Gasteiger partial charge on any atom is -0.493 e. The maximum absolute atomic E-state index is 14.9. The summed E-state index contributed by atoms with van der Waals surface area (Å²) < 4.78 is 39.9. The molecule has 1 N–H and O–H groups in total. The highest BCUT2D eigenvalue weighted by Crippen LogP contribution is 2.45. The maximum Gasteiger partial charge on any atom is 0.326 e. The van der Waals surface area contributed by atoms with E-state index in [4.69, 9.17) is 42.5 Å². The zero-order chi connectivity index (χ0) is 36.0. The van der Waals surface area contributed by atoms with E-state index in [9.17, 15) is 18.0 Å². The Labute approximate surface area is 302 Å². The highest BCUT2D eigenvalue weighted by molar-refractivity contribution is 7.89. The van der Waals surface area contributed by atoms with Crippen molar-refractivity contribution in [2.75, 3.05) is 67.3 Å². The van der Waals surface area contributed by atoms with Gasteiger partial charge in [0.1, 0.15) is 24.4 Å². The van der Waals surface area contributed by atoms with Crippen LogP contribution in [0, 0.1) is 0 Å². The monoisotopic (exact) mass is 746 g/mol. The van der Waals surface area contributed by atoms with Gasteiger partial charge in [-0.1, -0.05) is 47.5 Å². The molecule has 0 unspecified atom stereocenters. The molecule has 2 aliphatic heterocycles. The Hall–Kier alpha value is -3.76. The molecular formula is C34H40Cl2N6O7S. The van der Waals surface area contributed by atoms with Crippen molar-refractivity contribution in [3.63, 3.8) is 0 Å². The van der Waals surface area contributed by atoms with Gasteiger partial charge >= 0.3 is 6.03 Å². The Morgan fingerprint density at radius 1 is 0.940 bits per heavy atom. The molecule has 1 fully saturated rings. The van der Waals surface area contributed by atoms with Crippen LogP contribution in [0.2, 0.25) is 10.0 Å². The molecule has 13 nitrogen and oxygen atoms in total. The van der Waals surface area contributed by atoms with Crippen molar-refractivity contribution in [1.82, 2.24) is 24.5 Å². The molecule has 3 aromatic rings. The van der Waals surface area contributed by atoms with Gasteiger partial charge in [-0.25, -0.2) is 18.3 Å². The number of hydroxylamine groups is 2. The van der Waals surface area contributed by atoms with Gasteiger partial charge in [0.25, 0.3) is 5.91 Å². The average molecular weight is 748 g/mol. The second kappa shape index (κ2) is 16.5. The van der Waals surface area contributed by atoms with Crippen LogP contribution in [-0.4, -0.2) is 113 Å². The van der Waals surface area contributed by atoms with Gasteiger partial charge in [-0.2, -0.15) is 4.72 Å². The fraction of sp³-hybridized carbons (Fsp3) is 0.382. The number of benzene rings is 3. The van der Waals surface area contributed by atoms with Crippen LogP contribution < -0.4 is 9.46 Å². The van der Waals surface area contributed by atoms with Crippen molar-refractivity contribution in [1.29, 1.82) is 0 Å². The van der Waals surface area contributed by atoms with E-state index in [1.807, 2.05) is 36.1 Å². The zero-order valence-electron chi connectivity index (χ0n) is 28.2. The van der Waals surface area contributed by atoms with Crippen molar-refractivity contribution in [2.24, 2.45) is 4.99 Å². The number of amidine groups is 1. The molecule has 3 amide bonds. The molecule has 50 heavy (non-hydrogen) atoms. The van der Waals surface area contributed by atoms with Gasteiger partial charge in [0, 0.05) is 50.4 Å². The summed E-state index contributed by atoms with van der Waals surface area (Å²) in [7, 11) is 0.355. The molecule has 0 aromatic heterocycles. The maximum atomic E-state index is 14.9. The van der Waals surface area contributed by atoms with Crippen LogP contribution in [0.5, 0.6) is 5.75 Å². The standard InChI is InChI=1S/C34H40Cl2N6O7S/c1-5-49-29-15-14-27(50(45,46)37-22-47-3)20-28(29)33-38-31(23-6-10-25(35)11-7-23)32(24-8-12-26(36)13-9-24)42(33)34(44)41-18-16-40(17-19-41)21-30(43)39(2)48-4/h6-15,20,31-32,37H,5,16-19,21-22H2,1-4H3/t31-,32+/m0/s1. The number of amides is 3. The van der Waals surface area contributed by atoms with Gasteiger partial charge in [-0.05, 0) is 60.5 Å². The summed E-state index contributed by atoms with van der Waals surface area (Å²) in [4.78, 5) is 42.8. The summed E-state index contributed by atoms with van der Waals surface area (Å²) in [5.74, 6) is 0.390. The highest BCUT2D eigenvalue weighted by atomic mass is 35.5. The van der Waals surface area contributed by atoms with E-state index in [1.54, 1.807) is 47.2 Å². The van der Waals surface area contributed by atoms with E-state index in [1.165, 1.54) is 31.4 Å². The van der Waals surface area contributed by atoms with Crippen LogP contribution >= 0.6 is 23.2 Å². The molecule has 16 heteroatoms. The van der Waals surface area contributed by atoms with Crippen LogP contribution in [0.4, 0.5) is 4.79 Å². The number of sulfonamides is 1. The van der Waals surface area contributed by atoms with E-state index in [0.717, 1.165) is 11.1 Å². The van der Waals surface area contributed by atoms with Crippen molar-refractivity contribution in [2.45, 2.75) is 23.9 Å². The third kappa shape index (κ3) is 8.40. The van der Waals surface area contributed by atoms with Crippen molar-refractivity contribution < 1.29 is 32.3 Å². The van der Waals surface area contributed by atoms with E-state index in [0.29, 0.717) is 47.5 Å². The largest absolute Gasteiger partial charge is 0.493 e. The Morgan fingerprint density at radius 2 is 1.56 bits per heavy atom. The number of ether oxygens (including phenoxy) is 2. The number of rotatable bonds is 12. The number of methoxy groups -OCH3 is 1. The van der Waals surface area contributed by atoms with Crippen LogP contribution in [0.25, 0.3) is 0 Å². The summed E-state index contributed by atoms with van der Waals surface area (Å²) in [6.07, 6.45) is 0. The van der Waals surface area contributed by atoms with E-state index in [2.05, 4.69) is 4.72 Å². The van der Waals surface area contributed by atoms with Gasteiger partial charge in [0.15, 0.2) is 0 Å². The number of carbonyl (C=O) groups is 2. The van der Waals surface area contributed by atoms with Crippen LogP contribution in [0.15, 0.2) is 76.6 Å². The molecule has 2 aliphatic rings. The van der Waals surface area contributed by atoms with E-state index >= 15 is 0 Å². The van der Waals surface area contributed by atoms with Crippen LogP contribution in [0.3, 0.4) is 0 Å². The summed E-state index contributed by atoms with van der Waals surface area (Å²) in [6, 6.07) is 17.3. The Bertz CT molecular complexity index is 1800. The third-order valence-corrected chi connectivity index (χ3v) is 10.4. The van der Waals surface area contributed by atoms with Crippen molar-refractivity contribution in [3.8, 4) is 5.75 Å². The number of halogens is 2. The lowest BCUT2D eigenvalue weighted by atomic mass is 9.93. The fourth-order valence-corrected chi connectivity index (χ4v) is 7.06. The second-order valence-corrected chi connectivity index (χ2v) is 14.2. The van der Waals surface area contributed by atoms with E-state index in [-0.39, 0.29) is 42.6 Å². The number of nitrogens with one attached hydrogen (secondary N) is 1. The minimum atomic E-state index is -4.00. The minimum absolute atomic E-state index is 0.0552. The number of aliphatic imine (C=N–C) groups is 1. The summed E-state index contributed by atoms with van der Waals surface area (Å²) in [5, 5.41) is 2.24. The summed E-state index contributed by atoms with van der Waals surface area (Å²) in [6.45, 7) is 3.57. The predicted molar refractivity (Wildman–Crippen MR) is 190 cm³/mol. The number of urea groups is 1. The first-order valence-corrected chi connectivity index (χ1v) is 18.2. The lowest BCUT2D eigenvalue weighted by Gasteiger charge is -2.39. The first kappa shape index (κ1) is 37.5. The lowest BCUT2D eigenvalue weighted by molar-refractivity contribution is -0.170. The number of hydrogen-bond acceptors (Lipinski definition) is 9. The number of carbonyl (C=O) groups excluding carboxylic acids is 2. The van der Waals surface area contributed by atoms with Gasteiger partial charge in [0.05, 0.1) is 36.8 Å². The van der Waals surface area contributed by atoms with Gasteiger partial charge in [0.2, 0.25) is 10.0 Å². The molecule has 1 saturated heterocycles. The molecule has 0 bridgehead atoms. The molecule has 0 radical (unpaired) electrons. The van der Waals surface area contributed by atoms with E-state index < -0.39 is 22.1 Å². The first-order chi connectivity index (χ1) is 24.0. The van der Waals surface area contributed by atoms with Gasteiger partial charge < -0.3 is 14.4 Å². The topological polar surface area (TPSA) is 133 Å². The smallest absolute Gasteiger partial charge is 0.326 e. The molecule has 0 saturated carbocycles. The fourth-order valence-electron chi connectivity index (χ4n) is 5.85. The Morgan fingerprint density at radius 3 is 2.14 bits per heavy atom. The molecule has 3 aromatic carbocycles. The first-order valence-electron chi connectivity index (χ1n) is 15.9.